The van der Waals surface area contributed by atoms with Crippen molar-refractivity contribution in [2.24, 2.45) is 0 Å². The molecule has 1 aromatic carbocycles. The highest BCUT2D eigenvalue weighted by Crippen LogP contribution is 2.31. The molecule has 112 valence electrons. The van der Waals surface area contributed by atoms with Crippen LogP contribution in [0.5, 0.6) is 0 Å². The van der Waals surface area contributed by atoms with E-state index in [2.05, 4.69) is 10.3 Å². The molecule has 0 bridgehead atoms. The van der Waals surface area contributed by atoms with Crippen LogP contribution in [0.2, 0.25) is 10.0 Å². The van der Waals surface area contributed by atoms with Crippen molar-refractivity contribution in [1.29, 1.82) is 0 Å². The maximum atomic E-state index is 14.2. The maximum absolute atomic E-state index is 14.2. The Morgan fingerprint density at radius 2 is 1.95 bits per heavy atom. The molecule has 0 aliphatic carbocycles. The average molecular weight is 328 g/mol. The number of nitrogens with two attached hydrogens (primary N) is 1. The summed E-state index contributed by atoms with van der Waals surface area (Å²) in [6, 6.07) is 5.68. The zero-order valence-corrected chi connectivity index (χ0v) is 13.0. The number of pyridine rings is 1. The molecule has 1 aromatic heterocycles. The summed E-state index contributed by atoms with van der Waals surface area (Å²) < 4.78 is 14.2. The van der Waals surface area contributed by atoms with Crippen molar-refractivity contribution in [3.8, 4) is 0 Å². The van der Waals surface area contributed by atoms with Crippen molar-refractivity contribution in [1.82, 2.24) is 10.3 Å². The van der Waals surface area contributed by atoms with E-state index in [1.165, 1.54) is 18.3 Å². The zero-order chi connectivity index (χ0) is 15.4. The van der Waals surface area contributed by atoms with E-state index in [0.717, 1.165) is 6.42 Å². The number of hydrogen-bond donors (Lipinski definition) is 2. The van der Waals surface area contributed by atoms with Crippen molar-refractivity contribution in [2.75, 3.05) is 12.3 Å². The Kier molecular flexibility index (Phi) is 5.39. The van der Waals surface area contributed by atoms with Crippen molar-refractivity contribution in [3.05, 3.63) is 57.5 Å². The molecule has 0 spiro atoms. The van der Waals surface area contributed by atoms with Crippen LogP contribution in [-0.4, -0.2) is 11.5 Å². The van der Waals surface area contributed by atoms with Crippen molar-refractivity contribution >= 4 is 29.0 Å². The fourth-order valence-corrected chi connectivity index (χ4v) is 2.46. The van der Waals surface area contributed by atoms with E-state index in [4.69, 9.17) is 28.9 Å². The lowest BCUT2D eigenvalue weighted by molar-refractivity contribution is 0.547. The molecule has 3 nitrogen and oxygen atoms in total. The fourth-order valence-electron chi connectivity index (χ4n) is 2.11. The summed E-state index contributed by atoms with van der Waals surface area (Å²) in [6.07, 6.45) is 2.36. The molecular formula is C15H16Cl2FN3. The number of hydrogen-bond acceptors (Lipinski definition) is 3. The average Bonchev–Trinajstić information content (AvgIpc) is 2.46. The third kappa shape index (κ3) is 3.84. The summed E-state index contributed by atoms with van der Waals surface area (Å²) in [4.78, 5) is 4.04. The SMILES string of the molecule is CCCNC(c1cc(Cl)ccc1F)c1cc(Cl)cnc1N. The summed E-state index contributed by atoms with van der Waals surface area (Å²) in [6.45, 7) is 2.72. The van der Waals surface area contributed by atoms with Crippen LogP contribution in [-0.2, 0) is 0 Å². The molecule has 2 aromatic rings. The first-order valence-electron chi connectivity index (χ1n) is 6.62. The Morgan fingerprint density at radius 3 is 2.67 bits per heavy atom. The first-order chi connectivity index (χ1) is 10.0. The topological polar surface area (TPSA) is 50.9 Å². The molecule has 21 heavy (non-hydrogen) atoms. The van der Waals surface area contributed by atoms with Crippen LogP contribution in [0.3, 0.4) is 0 Å². The lowest BCUT2D eigenvalue weighted by atomic mass is 9.98. The first kappa shape index (κ1) is 16.0. The summed E-state index contributed by atoms with van der Waals surface area (Å²) in [5.41, 5.74) is 6.98. The minimum atomic E-state index is -0.449. The third-order valence-corrected chi connectivity index (χ3v) is 3.54. The Hall–Kier alpha value is -1.36. The zero-order valence-electron chi connectivity index (χ0n) is 11.5. The van der Waals surface area contributed by atoms with E-state index >= 15 is 0 Å². The molecule has 2 rings (SSSR count). The highest BCUT2D eigenvalue weighted by Gasteiger charge is 2.21. The first-order valence-corrected chi connectivity index (χ1v) is 7.37. The van der Waals surface area contributed by atoms with Gasteiger partial charge in [0.1, 0.15) is 11.6 Å². The number of nitrogens with one attached hydrogen (secondary N) is 1. The molecule has 1 atom stereocenters. The molecule has 0 aliphatic rings. The van der Waals surface area contributed by atoms with Gasteiger partial charge in [0.2, 0.25) is 0 Å². The highest BCUT2D eigenvalue weighted by atomic mass is 35.5. The quantitative estimate of drug-likeness (QED) is 0.865. The van der Waals surface area contributed by atoms with Crippen LogP contribution < -0.4 is 11.1 Å². The van der Waals surface area contributed by atoms with Gasteiger partial charge in [-0.2, -0.15) is 0 Å². The predicted octanol–water partition coefficient (Wildman–Crippen LogP) is 4.20. The van der Waals surface area contributed by atoms with E-state index in [0.29, 0.717) is 33.5 Å². The molecule has 0 radical (unpaired) electrons. The van der Waals surface area contributed by atoms with Crippen molar-refractivity contribution < 1.29 is 4.39 Å². The van der Waals surface area contributed by atoms with Crippen LogP contribution in [0.25, 0.3) is 0 Å². The molecular weight excluding hydrogens is 312 g/mol. The largest absolute Gasteiger partial charge is 0.383 e. The summed E-state index contributed by atoms with van der Waals surface area (Å²) in [7, 11) is 0. The second-order valence-corrected chi connectivity index (χ2v) is 5.55. The third-order valence-electron chi connectivity index (χ3n) is 3.09. The van der Waals surface area contributed by atoms with Crippen molar-refractivity contribution in [2.45, 2.75) is 19.4 Å². The monoisotopic (exact) mass is 327 g/mol. The second kappa shape index (κ2) is 7.07. The Morgan fingerprint density at radius 1 is 1.24 bits per heavy atom. The number of nitrogen functional groups attached to an aromatic ring is 1. The number of rotatable bonds is 5. The van der Waals surface area contributed by atoms with Gasteiger partial charge in [-0.25, -0.2) is 9.37 Å². The number of benzene rings is 1. The molecule has 0 saturated carbocycles. The summed E-state index contributed by atoms with van der Waals surface area (Å²) >= 11 is 12.0. The normalized spacial score (nSPS) is 12.4. The van der Waals surface area contributed by atoms with Crippen LogP contribution in [0.15, 0.2) is 30.5 Å². The van der Waals surface area contributed by atoms with Gasteiger partial charge in [-0.15, -0.1) is 0 Å². The maximum Gasteiger partial charge on any atom is 0.128 e. The van der Waals surface area contributed by atoms with Crippen LogP contribution in [0.4, 0.5) is 10.2 Å². The second-order valence-electron chi connectivity index (χ2n) is 4.68. The lowest BCUT2D eigenvalue weighted by Crippen LogP contribution is -2.25. The van der Waals surface area contributed by atoms with E-state index < -0.39 is 6.04 Å². The van der Waals surface area contributed by atoms with Gasteiger partial charge in [0.25, 0.3) is 0 Å². The Labute approximate surface area is 133 Å². The van der Waals surface area contributed by atoms with Gasteiger partial charge in [0.15, 0.2) is 0 Å². The predicted molar refractivity (Wildman–Crippen MR) is 85.2 cm³/mol. The highest BCUT2D eigenvalue weighted by molar-refractivity contribution is 6.31. The lowest BCUT2D eigenvalue weighted by Gasteiger charge is -2.21. The minimum Gasteiger partial charge on any atom is -0.383 e. The van der Waals surface area contributed by atoms with Crippen LogP contribution >= 0.6 is 23.2 Å². The van der Waals surface area contributed by atoms with E-state index in [1.807, 2.05) is 6.92 Å². The Bertz CT molecular complexity index is 583. The smallest absolute Gasteiger partial charge is 0.128 e. The van der Waals surface area contributed by atoms with Gasteiger partial charge in [-0.05, 0) is 37.2 Å². The molecule has 0 aliphatic heterocycles. The van der Waals surface area contributed by atoms with Gasteiger partial charge >= 0.3 is 0 Å². The van der Waals surface area contributed by atoms with Gasteiger partial charge in [0.05, 0.1) is 11.1 Å². The van der Waals surface area contributed by atoms with Crippen LogP contribution in [0, 0.1) is 5.82 Å². The molecule has 0 fully saturated rings. The molecule has 6 heteroatoms. The summed E-state index contributed by atoms with van der Waals surface area (Å²) in [5.74, 6) is -0.0419. The van der Waals surface area contributed by atoms with Gasteiger partial charge in [-0.3, -0.25) is 0 Å². The molecule has 1 heterocycles. The number of anilines is 1. The molecule has 0 amide bonds. The van der Waals surface area contributed by atoms with E-state index in [1.54, 1.807) is 12.1 Å². The van der Waals surface area contributed by atoms with Gasteiger partial charge in [-0.1, -0.05) is 30.1 Å². The van der Waals surface area contributed by atoms with Crippen molar-refractivity contribution in [3.63, 3.8) is 0 Å². The number of aromatic nitrogens is 1. The minimum absolute atomic E-state index is 0.312. The summed E-state index contributed by atoms with van der Waals surface area (Å²) in [5, 5.41) is 4.17. The van der Waals surface area contributed by atoms with Gasteiger partial charge in [0, 0.05) is 22.3 Å². The molecule has 3 N–H and O–H groups in total. The molecule has 0 saturated heterocycles. The number of nitrogens with zero attached hydrogens (tertiary/aromatic N) is 1. The molecule has 1 unspecified atom stereocenters. The van der Waals surface area contributed by atoms with Crippen LogP contribution in [0.1, 0.15) is 30.5 Å². The fraction of sp³-hybridized carbons (Fsp3) is 0.267. The standard InChI is InChI=1S/C15H16Cl2FN3/c1-2-5-20-14(11-6-9(16)3-4-13(11)18)12-7-10(17)8-21-15(12)19/h3-4,6-8,14,20H,2,5H2,1H3,(H2,19,21). The Balaban J connectivity index is 2.52. The van der Waals surface area contributed by atoms with E-state index in [-0.39, 0.29) is 5.82 Å². The van der Waals surface area contributed by atoms with E-state index in [9.17, 15) is 4.39 Å². The number of halogens is 3. The van der Waals surface area contributed by atoms with Gasteiger partial charge < -0.3 is 11.1 Å².